The molecule has 2 N–H and O–H groups in total. The average Bonchev–Trinajstić information content (AvgIpc) is 1.30. The van der Waals surface area contributed by atoms with E-state index in [1.54, 1.807) is 14.1 Å². The van der Waals surface area contributed by atoms with E-state index in [2.05, 4.69) is 0 Å². The van der Waals surface area contributed by atoms with Gasteiger partial charge in [-0.3, -0.25) is 0 Å². The first-order chi connectivity index (χ1) is 3.06. The number of nitrogens with two attached hydrogens (primary N) is 1. The minimum absolute atomic E-state index is 0. The molecule has 0 aromatic carbocycles. The second-order valence-corrected chi connectivity index (χ2v) is 2.09. The first-order valence-corrected chi connectivity index (χ1v) is 2.30. The summed E-state index contributed by atoms with van der Waals surface area (Å²) in [4.78, 5) is 0. The Balaban J connectivity index is 0. The lowest BCUT2D eigenvalue weighted by Gasteiger charge is -2.32. The SMILES string of the molecule is C[N+](C)([O-])CCN.Cl. The van der Waals surface area contributed by atoms with Gasteiger partial charge in [0.1, 0.15) is 0 Å². The van der Waals surface area contributed by atoms with Gasteiger partial charge in [0.25, 0.3) is 0 Å². The van der Waals surface area contributed by atoms with Crippen LogP contribution in [0, 0.1) is 5.21 Å². The van der Waals surface area contributed by atoms with E-state index >= 15 is 0 Å². The van der Waals surface area contributed by atoms with Crippen LogP contribution >= 0.6 is 12.4 Å². The van der Waals surface area contributed by atoms with E-state index in [9.17, 15) is 5.21 Å². The highest BCUT2D eigenvalue weighted by Crippen LogP contribution is 1.86. The topological polar surface area (TPSA) is 49.1 Å². The van der Waals surface area contributed by atoms with Gasteiger partial charge in [-0.15, -0.1) is 12.4 Å². The highest BCUT2D eigenvalue weighted by molar-refractivity contribution is 5.85. The first kappa shape index (κ1) is 11.0. The fraction of sp³-hybridized carbons (Fsp3) is 1.00. The van der Waals surface area contributed by atoms with Crippen LogP contribution in [0.4, 0.5) is 0 Å². The van der Waals surface area contributed by atoms with Crippen LogP contribution in [0.5, 0.6) is 0 Å². The lowest BCUT2D eigenvalue weighted by molar-refractivity contribution is -0.838. The number of halogens is 1. The van der Waals surface area contributed by atoms with E-state index < -0.39 is 0 Å². The van der Waals surface area contributed by atoms with Crippen LogP contribution in [0.2, 0.25) is 0 Å². The zero-order valence-corrected chi connectivity index (χ0v) is 6.07. The van der Waals surface area contributed by atoms with Gasteiger partial charge in [0.2, 0.25) is 0 Å². The molecular weight excluding hydrogens is 128 g/mol. The van der Waals surface area contributed by atoms with Crippen molar-refractivity contribution >= 4 is 12.4 Å². The van der Waals surface area contributed by atoms with Gasteiger partial charge in [-0.05, 0) is 0 Å². The molecule has 0 aromatic heterocycles. The number of nitrogens with zero attached hydrogens (tertiary/aromatic N) is 1. The normalized spacial score (nSPS) is 10.5. The largest absolute Gasteiger partial charge is 0.633 e. The molecule has 8 heavy (non-hydrogen) atoms. The quantitative estimate of drug-likeness (QED) is 0.432. The van der Waals surface area contributed by atoms with Gasteiger partial charge in [0, 0.05) is 6.54 Å². The Bertz CT molecular complexity index is 52.5. The van der Waals surface area contributed by atoms with E-state index in [1.807, 2.05) is 0 Å². The highest BCUT2D eigenvalue weighted by atomic mass is 35.5. The predicted octanol–water partition coefficient (Wildman–Crippen LogP) is -0.0589. The molecule has 0 fully saturated rings. The molecule has 0 saturated carbocycles. The summed E-state index contributed by atoms with van der Waals surface area (Å²) in [5.74, 6) is 0. The summed E-state index contributed by atoms with van der Waals surface area (Å²) < 4.78 is -0.281. The molecule has 0 heterocycles. The molecule has 0 atom stereocenters. The number of rotatable bonds is 2. The Morgan fingerprint density at radius 1 is 1.50 bits per heavy atom. The maximum Gasteiger partial charge on any atom is 0.0904 e. The van der Waals surface area contributed by atoms with Gasteiger partial charge in [-0.1, -0.05) is 0 Å². The molecule has 0 bridgehead atoms. The molecule has 52 valence electrons. The predicted molar refractivity (Wildman–Crippen MR) is 36.6 cm³/mol. The fourth-order valence-corrected chi connectivity index (χ4v) is 0.311. The Hall–Kier alpha value is 0.170. The maximum atomic E-state index is 10.6. The molecule has 4 heteroatoms. The molecule has 0 saturated heterocycles. The van der Waals surface area contributed by atoms with Gasteiger partial charge in [0.05, 0.1) is 20.6 Å². The van der Waals surface area contributed by atoms with E-state index in [-0.39, 0.29) is 17.1 Å². The highest BCUT2D eigenvalue weighted by Gasteiger charge is 1.95. The van der Waals surface area contributed by atoms with E-state index in [0.717, 1.165) is 0 Å². The minimum Gasteiger partial charge on any atom is -0.633 e. The Kier molecular flexibility index (Phi) is 5.64. The van der Waals surface area contributed by atoms with Crippen molar-refractivity contribution in [3.63, 3.8) is 0 Å². The molecule has 0 aliphatic heterocycles. The molecule has 0 spiro atoms. The van der Waals surface area contributed by atoms with Crippen molar-refractivity contribution in [2.24, 2.45) is 5.73 Å². The van der Waals surface area contributed by atoms with Gasteiger partial charge < -0.3 is 15.6 Å². The van der Waals surface area contributed by atoms with Crippen molar-refractivity contribution in [2.75, 3.05) is 27.2 Å². The fourth-order valence-electron chi connectivity index (χ4n) is 0.311. The Labute approximate surface area is 56.0 Å². The molecule has 0 aliphatic carbocycles. The van der Waals surface area contributed by atoms with Crippen molar-refractivity contribution in [3.05, 3.63) is 5.21 Å². The number of quaternary nitrogens is 1. The first-order valence-electron chi connectivity index (χ1n) is 2.30. The van der Waals surface area contributed by atoms with Crippen molar-refractivity contribution in [1.82, 2.24) is 0 Å². The van der Waals surface area contributed by atoms with E-state index in [1.165, 1.54) is 0 Å². The molecular formula is C4H13ClN2O. The van der Waals surface area contributed by atoms with Gasteiger partial charge in [0.15, 0.2) is 0 Å². The zero-order chi connectivity index (χ0) is 5.91. The lowest BCUT2D eigenvalue weighted by atomic mass is 10.6. The lowest BCUT2D eigenvalue weighted by Crippen LogP contribution is -2.36. The van der Waals surface area contributed by atoms with Gasteiger partial charge >= 0.3 is 0 Å². The van der Waals surface area contributed by atoms with Crippen molar-refractivity contribution in [2.45, 2.75) is 0 Å². The van der Waals surface area contributed by atoms with Crippen LogP contribution in [0.3, 0.4) is 0 Å². The molecule has 0 unspecified atom stereocenters. The standard InChI is InChI=1S/C4H12N2O.ClH/c1-6(2,7)4-3-5;/h3-5H2,1-2H3;1H. The number of hydroxylamine groups is 3. The second-order valence-electron chi connectivity index (χ2n) is 2.09. The van der Waals surface area contributed by atoms with Crippen molar-refractivity contribution < 1.29 is 4.65 Å². The van der Waals surface area contributed by atoms with Crippen LogP contribution < -0.4 is 5.73 Å². The summed E-state index contributed by atoms with van der Waals surface area (Å²) in [5, 5.41) is 10.6. The monoisotopic (exact) mass is 140 g/mol. The third-order valence-corrected chi connectivity index (χ3v) is 0.668. The third-order valence-electron chi connectivity index (χ3n) is 0.668. The summed E-state index contributed by atoms with van der Waals surface area (Å²) in [7, 11) is 3.15. The summed E-state index contributed by atoms with van der Waals surface area (Å²) in [6.07, 6.45) is 0. The summed E-state index contributed by atoms with van der Waals surface area (Å²) in [6.45, 7) is 0.969. The van der Waals surface area contributed by atoms with Crippen LogP contribution in [-0.4, -0.2) is 31.8 Å². The molecule has 0 radical (unpaired) electrons. The Morgan fingerprint density at radius 2 is 1.88 bits per heavy atom. The minimum atomic E-state index is -0.281. The molecule has 0 aliphatic rings. The smallest absolute Gasteiger partial charge is 0.0904 e. The van der Waals surface area contributed by atoms with Crippen LogP contribution in [0.15, 0.2) is 0 Å². The summed E-state index contributed by atoms with van der Waals surface area (Å²) in [5.41, 5.74) is 5.10. The zero-order valence-electron chi connectivity index (χ0n) is 5.26. The molecule has 0 rings (SSSR count). The number of hydrogen-bond acceptors (Lipinski definition) is 2. The molecule has 0 aromatic rings. The van der Waals surface area contributed by atoms with Gasteiger partial charge in [-0.2, -0.15) is 0 Å². The molecule has 3 nitrogen and oxygen atoms in total. The van der Waals surface area contributed by atoms with Crippen molar-refractivity contribution in [3.8, 4) is 0 Å². The van der Waals surface area contributed by atoms with Crippen molar-refractivity contribution in [1.29, 1.82) is 0 Å². The van der Waals surface area contributed by atoms with E-state index in [0.29, 0.717) is 13.1 Å². The average molecular weight is 141 g/mol. The molecule has 0 amide bonds. The van der Waals surface area contributed by atoms with Gasteiger partial charge in [-0.25, -0.2) is 0 Å². The van der Waals surface area contributed by atoms with Crippen LogP contribution in [0.1, 0.15) is 0 Å². The van der Waals surface area contributed by atoms with Crippen LogP contribution in [-0.2, 0) is 0 Å². The number of hydrogen-bond donors (Lipinski definition) is 1. The van der Waals surface area contributed by atoms with E-state index in [4.69, 9.17) is 5.73 Å². The maximum absolute atomic E-state index is 10.6. The summed E-state index contributed by atoms with van der Waals surface area (Å²) in [6, 6.07) is 0. The second kappa shape index (κ2) is 4.09. The number of likely N-dealkylation sites (N-methyl/N-ethyl adjacent to an activating group) is 1. The summed E-state index contributed by atoms with van der Waals surface area (Å²) >= 11 is 0. The third kappa shape index (κ3) is 9.48. The van der Waals surface area contributed by atoms with Crippen LogP contribution in [0.25, 0.3) is 0 Å². The Morgan fingerprint density at radius 3 is 1.88 bits per heavy atom.